The van der Waals surface area contributed by atoms with Crippen molar-refractivity contribution in [2.45, 2.75) is 26.4 Å². The van der Waals surface area contributed by atoms with E-state index in [-0.39, 0.29) is 16.8 Å². The lowest BCUT2D eigenvalue weighted by atomic mass is 10.1. The number of carbonyl (C=O) groups excluding carboxylic acids is 2. The van der Waals surface area contributed by atoms with E-state index in [4.69, 9.17) is 33.3 Å². The second-order valence-corrected chi connectivity index (χ2v) is 7.50. The zero-order chi connectivity index (χ0) is 21.8. The summed E-state index contributed by atoms with van der Waals surface area (Å²) in [6.45, 7) is 3.99. The quantitative estimate of drug-likeness (QED) is 0.407. The fourth-order valence-corrected chi connectivity index (χ4v) is 3.23. The molecule has 1 saturated heterocycles. The highest BCUT2D eigenvalue weighted by molar-refractivity contribution is 7.80. The molecule has 1 fully saturated rings. The van der Waals surface area contributed by atoms with Gasteiger partial charge in [-0.1, -0.05) is 24.6 Å². The largest absolute Gasteiger partial charge is 0.493 e. The number of ether oxygens (including phenoxy) is 2. The number of anilines is 1. The van der Waals surface area contributed by atoms with E-state index in [1.807, 2.05) is 13.8 Å². The Labute approximate surface area is 185 Å². The molecule has 6 nitrogen and oxygen atoms in total. The maximum atomic E-state index is 13.1. The van der Waals surface area contributed by atoms with Crippen molar-refractivity contribution in [3.05, 3.63) is 58.6 Å². The van der Waals surface area contributed by atoms with Gasteiger partial charge in [-0.25, -0.2) is 0 Å². The molecule has 0 spiro atoms. The minimum absolute atomic E-state index is 0.0133. The second kappa shape index (κ2) is 9.28. The third kappa shape index (κ3) is 4.63. The molecule has 0 saturated carbocycles. The first-order valence-corrected chi connectivity index (χ1v) is 10.1. The number of hydrogen-bond donors (Lipinski definition) is 1. The lowest BCUT2D eigenvalue weighted by molar-refractivity contribution is -0.122. The van der Waals surface area contributed by atoms with Gasteiger partial charge < -0.3 is 9.47 Å². The van der Waals surface area contributed by atoms with Crippen LogP contribution in [0.15, 0.2) is 48.0 Å². The molecule has 0 bridgehead atoms. The van der Waals surface area contributed by atoms with Crippen LogP contribution in [0.1, 0.15) is 25.8 Å². The number of thiocarbonyl (C=S) groups is 1. The molecule has 8 heteroatoms. The Morgan fingerprint density at radius 2 is 1.87 bits per heavy atom. The molecule has 0 aromatic heterocycles. The molecule has 2 aromatic carbocycles. The van der Waals surface area contributed by atoms with E-state index < -0.39 is 11.8 Å². The number of rotatable bonds is 6. The molecule has 0 aliphatic carbocycles. The third-order valence-electron chi connectivity index (χ3n) is 4.59. The molecule has 1 aliphatic heterocycles. The number of benzene rings is 2. The van der Waals surface area contributed by atoms with Gasteiger partial charge in [-0.15, -0.1) is 0 Å². The van der Waals surface area contributed by atoms with Crippen molar-refractivity contribution in [1.82, 2.24) is 5.32 Å². The number of halogens is 1. The van der Waals surface area contributed by atoms with Crippen LogP contribution in [-0.4, -0.2) is 30.1 Å². The Kier molecular flexibility index (Phi) is 6.74. The molecule has 156 valence electrons. The highest BCUT2D eigenvalue weighted by Gasteiger charge is 2.34. The van der Waals surface area contributed by atoms with E-state index in [0.29, 0.717) is 27.8 Å². The van der Waals surface area contributed by atoms with Crippen LogP contribution in [0, 0.1) is 0 Å². The van der Waals surface area contributed by atoms with Crippen molar-refractivity contribution >= 4 is 52.5 Å². The fourth-order valence-electron chi connectivity index (χ4n) is 2.82. The summed E-state index contributed by atoms with van der Waals surface area (Å²) in [4.78, 5) is 26.8. The van der Waals surface area contributed by atoms with E-state index in [2.05, 4.69) is 5.32 Å². The molecule has 30 heavy (non-hydrogen) atoms. The van der Waals surface area contributed by atoms with Crippen molar-refractivity contribution in [1.29, 1.82) is 0 Å². The number of amides is 2. The minimum atomic E-state index is -0.561. The van der Waals surface area contributed by atoms with Crippen LogP contribution in [0.4, 0.5) is 5.69 Å². The molecule has 2 amide bonds. The molecule has 2 aromatic rings. The topological polar surface area (TPSA) is 67.9 Å². The van der Waals surface area contributed by atoms with Gasteiger partial charge in [-0.3, -0.25) is 19.8 Å². The van der Waals surface area contributed by atoms with Crippen molar-refractivity contribution in [2.75, 3.05) is 12.0 Å². The summed E-state index contributed by atoms with van der Waals surface area (Å²) in [5, 5.41) is 3.10. The smallest absolute Gasteiger partial charge is 0.270 e. The average molecular weight is 445 g/mol. The Hall–Kier alpha value is -2.90. The van der Waals surface area contributed by atoms with Gasteiger partial charge in [0, 0.05) is 5.02 Å². The molecule has 1 unspecified atom stereocenters. The molecule has 3 rings (SSSR count). The lowest BCUT2D eigenvalue weighted by Crippen LogP contribution is -2.54. The molecular formula is C22H21ClN2O4S. The zero-order valence-electron chi connectivity index (χ0n) is 16.8. The van der Waals surface area contributed by atoms with Crippen molar-refractivity contribution < 1.29 is 19.1 Å². The van der Waals surface area contributed by atoms with Crippen LogP contribution in [0.3, 0.4) is 0 Å². The first-order valence-electron chi connectivity index (χ1n) is 9.35. The summed E-state index contributed by atoms with van der Waals surface area (Å²) >= 11 is 11.1. The number of nitrogens with one attached hydrogen (secondary N) is 1. The van der Waals surface area contributed by atoms with Crippen molar-refractivity contribution in [2.24, 2.45) is 0 Å². The maximum absolute atomic E-state index is 13.1. The van der Waals surface area contributed by atoms with Gasteiger partial charge in [-0.05, 0) is 73.6 Å². The van der Waals surface area contributed by atoms with Crippen LogP contribution in [0.5, 0.6) is 11.5 Å². The summed E-state index contributed by atoms with van der Waals surface area (Å²) in [5.41, 5.74) is 1.08. The van der Waals surface area contributed by atoms with Gasteiger partial charge in [0.05, 0.1) is 18.9 Å². The Morgan fingerprint density at radius 3 is 2.50 bits per heavy atom. The van der Waals surface area contributed by atoms with Crippen molar-refractivity contribution in [3.8, 4) is 11.5 Å². The van der Waals surface area contributed by atoms with Crippen LogP contribution in [0.25, 0.3) is 6.08 Å². The van der Waals surface area contributed by atoms with Crippen molar-refractivity contribution in [3.63, 3.8) is 0 Å². The fraction of sp³-hybridized carbons (Fsp3) is 0.227. The zero-order valence-corrected chi connectivity index (χ0v) is 18.3. The monoisotopic (exact) mass is 444 g/mol. The molecule has 1 atom stereocenters. The van der Waals surface area contributed by atoms with Gasteiger partial charge in [-0.2, -0.15) is 0 Å². The van der Waals surface area contributed by atoms with Crippen LogP contribution < -0.4 is 19.7 Å². The van der Waals surface area contributed by atoms with E-state index in [0.717, 1.165) is 6.42 Å². The van der Waals surface area contributed by atoms with Gasteiger partial charge in [0.25, 0.3) is 11.8 Å². The van der Waals surface area contributed by atoms with Gasteiger partial charge >= 0.3 is 0 Å². The van der Waals surface area contributed by atoms with E-state index in [1.165, 1.54) is 18.1 Å². The van der Waals surface area contributed by atoms with E-state index >= 15 is 0 Å². The van der Waals surface area contributed by atoms with Gasteiger partial charge in [0.2, 0.25) is 0 Å². The standard InChI is InChI=1S/C22H21ClN2O4S/c1-4-13(2)29-18-10-5-14(12-19(18)28-3)11-17-20(26)24-22(30)25(21(17)27)16-8-6-15(23)7-9-16/h5-13H,4H2,1-3H3,(H,24,26,30)/b17-11+. The van der Waals surface area contributed by atoms with Crippen LogP contribution in [0.2, 0.25) is 5.02 Å². The number of methoxy groups -OCH3 is 1. The first kappa shape index (κ1) is 21.8. The highest BCUT2D eigenvalue weighted by atomic mass is 35.5. The van der Waals surface area contributed by atoms with Gasteiger partial charge in [0.1, 0.15) is 5.57 Å². The summed E-state index contributed by atoms with van der Waals surface area (Å²) in [6.07, 6.45) is 2.38. The summed E-state index contributed by atoms with van der Waals surface area (Å²) in [6, 6.07) is 11.8. The summed E-state index contributed by atoms with van der Waals surface area (Å²) in [7, 11) is 1.54. The normalized spacial score (nSPS) is 16.5. The Balaban J connectivity index is 1.95. The van der Waals surface area contributed by atoms with E-state index in [1.54, 1.807) is 42.5 Å². The molecular weight excluding hydrogens is 424 g/mol. The second-order valence-electron chi connectivity index (χ2n) is 6.68. The average Bonchev–Trinajstić information content (AvgIpc) is 2.73. The Morgan fingerprint density at radius 1 is 1.17 bits per heavy atom. The SMILES string of the molecule is CCC(C)Oc1ccc(/C=C2\C(=O)NC(=S)N(c3ccc(Cl)cc3)C2=O)cc1OC. The predicted octanol–water partition coefficient (Wildman–Crippen LogP) is 4.36. The number of hydrogen-bond acceptors (Lipinski definition) is 5. The Bertz CT molecular complexity index is 1020. The number of nitrogens with zero attached hydrogens (tertiary/aromatic N) is 1. The van der Waals surface area contributed by atoms with Crippen LogP contribution >= 0.6 is 23.8 Å². The van der Waals surface area contributed by atoms with Gasteiger partial charge in [0.15, 0.2) is 16.6 Å². The summed E-state index contributed by atoms with van der Waals surface area (Å²) < 4.78 is 11.3. The van der Waals surface area contributed by atoms with Crippen LogP contribution in [-0.2, 0) is 9.59 Å². The molecule has 1 N–H and O–H groups in total. The molecule has 1 heterocycles. The highest BCUT2D eigenvalue weighted by Crippen LogP contribution is 2.31. The van der Waals surface area contributed by atoms with E-state index in [9.17, 15) is 9.59 Å². The third-order valence-corrected chi connectivity index (χ3v) is 5.12. The molecule has 0 radical (unpaired) electrons. The maximum Gasteiger partial charge on any atom is 0.270 e. The number of carbonyl (C=O) groups is 2. The minimum Gasteiger partial charge on any atom is -0.493 e. The summed E-state index contributed by atoms with van der Waals surface area (Å²) in [5.74, 6) is 0.0230. The predicted molar refractivity (Wildman–Crippen MR) is 121 cm³/mol. The lowest BCUT2D eigenvalue weighted by Gasteiger charge is -2.29. The molecule has 1 aliphatic rings. The first-order chi connectivity index (χ1) is 14.3.